The summed E-state index contributed by atoms with van der Waals surface area (Å²) in [6.45, 7) is 3.87. The molecule has 2 aromatic rings. The second-order valence-corrected chi connectivity index (χ2v) is 3.92. The molecule has 0 aliphatic heterocycles. The molecule has 0 unspecified atom stereocenters. The fourth-order valence-electron chi connectivity index (χ4n) is 1.35. The number of benzene rings is 1. The zero-order chi connectivity index (χ0) is 12.4. The molecule has 0 aliphatic rings. The van der Waals surface area contributed by atoms with Gasteiger partial charge in [0.2, 0.25) is 11.7 Å². The predicted octanol–water partition coefficient (Wildman–Crippen LogP) is 2.77. The van der Waals surface area contributed by atoms with Crippen LogP contribution >= 0.6 is 0 Å². The largest absolute Gasteiger partial charge is 0.339 e. The minimum absolute atomic E-state index is 0.0124. The van der Waals surface area contributed by atoms with Crippen LogP contribution in [0.2, 0.25) is 0 Å². The Kier molecular flexibility index (Phi) is 2.86. The van der Waals surface area contributed by atoms with Crippen LogP contribution < -0.4 is 0 Å². The molecule has 0 atom stereocenters. The molecule has 88 valence electrons. The summed E-state index contributed by atoms with van der Waals surface area (Å²) in [7, 11) is 0. The van der Waals surface area contributed by atoms with Crippen molar-refractivity contribution in [3.8, 4) is 11.4 Å². The Morgan fingerprint density at radius 1 is 1.41 bits per heavy atom. The minimum Gasteiger partial charge on any atom is -0.339 e. The lowest BCUT2D eigenvalue weighted by molar-refractivity contribution is -0.384. The van der Waals surface area contributed by atoms with Crippen molar-refractivity contribution in [3.05, 3.63) is 40.3 Å². The Morgan fingerprint density at radius 2 is 2.18 bits per heavy atom. The van der Waals surface area contributed by atoms with E-state index in [2.05, 4.69) is 10.1 Å². The van der Waals surface area contributed by atoms with Gasteiger partial charge in [-0.1, -0.05) is 31.1 Å². The third-order valence-corrected chi connectivity index (χ3v) is 2.25. The van der Waals surface area contributed by atoms with E-state index < -0.39 is 4.92 Å². The standard InChI is InChI=1S/C11H11N3O3/c1-7(2)11-12-10(13-17-11)8-4-3-5-9(6-8)14(15)16/h3-7H,1-2H3. The molecular formula is C11H11N3O3. The van der Waals surface area contributed by atoms with Crippen LogP contribution in [-0.4, -0.2) is 15.1 Å². The number of hydrogen-bond acceptors (Lipinski definition) is 5. The first kappa shape index (κ1) is 11.3. The highest BCUT2D eigenvalue weighted by Crippen LogP contribution is 2.22. The molecule has 1 aromatic heterocycles. The summed E-state index contributed by atoms with van der Waals surface area (Å²) in [4.78, 5) is 14.4. The number of rotatable bonds is 3. The van der Waals surface area contributed by atoms with E-state index in [1.165, 1.54) is 12.1 Å². The molecule has 0 radical (unpaired) electrons. The molecule has 0 spiro atoms. The van der Waals surface area contributed by atoms with Crippen LogP contribution in [-0.2, 0) is 0 Å². The lowest BCUT2D eigenvalue weighted by Gasteiger charge is -1.95. The summed E-state index contributed by atoms with van der Waals surface area (Å²) >= 11 is 0. The van der Waals surface area contributed by atoms with Crippen molar-refractivity contribution in [3.63, 3.8) is 0 Å². The van der Waals surface area contributed by atoms with Gasteiger partial charge in [-0.25, -0.2) is 0 Å². The Hall–Kier alpha value is -2.24. The van der Waals surface area contributed by atoms with Gasteiger partial charge >= 0.3 is 0 Å². The zero-order valence-corrected chi connectivity index (χ0v) is 9.45. The van der Waals surface area contributed by atoms with Gasteiger partial charge in [0.05, 0.1) is 4.92 Å². The number of nitrogens with zero attached hydrogens (tertiary/aromatic N) is 3. The number of hydrogen-bond donors (Lipinski definition) is 0. The maximum Gasteiger partial charge on any atom is 0.270 e. The van der Waals surface area contributed by atoms with E-state index in [9.17, 15) is 10.1 Å². The molecule has 17 heavy (non-hydrogen) atoms. The second kappa shape index (κ2) is 4.32. The maximum atomic E-state index is 10.6. The Bertz CT molecular complexity index is 548. The van der Waals surface area contributed by atoms with Crippen molar-refractivity contribution in [1.82, 2.24) is 10.1 Å². The molecule has 0 fully saturated rings. The predicted molar refractivity (Wildman–Crippen MR) is 60.5 cm³/mol. The van der Waals surface area contributed by atoms with Crippen molar-refractivity contribution >= 4 is 5.69 Å². The van der Waals surface area contributed by atoms with Gasteiger partial charge in [0.25, 0.3) is 5.69 Å². The van der Waals surface area contributed by atoms with Gasteiger partial charge in [0.15, 0.2) is 0 Å². The molecule has 0 aliphatic carbocycles. The highest BCUT2D eigenvalue weighted by Gasteiger charge is 2.13. The molecule has 0 saturated carbocycles. The molecule has 0 saturated heterocycles. The van der Waals surface area contributed by atoms with E-state index in [4.69, 9.17) is 4.52 Å². The zero-order valence-electron chi connectivity index (χ0n) is 9.45. The van der Waals surface area contributed by atoms with Crippen molar-refractivity contribution in [1.29, 1.82) is 0 Å². The lowest BCUT2D eigenvalue weighted by atomic mass is 10.2. The Labute approximate surface area is 97.4 Å². The number of aromatic nitrogens is 2. The van der Waals surface area contributed by atoms with E-state index in [0.717, 1.165) is 0 Å². The SMILES string of the molecule is CC(C)c1nc(-c2cccc([N+](=O)[O-])c2)no1. The van der Waals surface area contributed by atoms with Crippen molar-refractivity contribution < 1.29 is 9.45 Å². The van der Waals surface area contributed by atoms with Crippen LogP contribution in [0.15, 0.2) is 28.8 Å². The van der Waals surface area contributed by atoms with Crippen molar-refractivity contribution in [2.75, 3.05) is 0 Å². The van der Waals surface area contributed by atoms with Crippen molar-refractivity contribution in [2.24, 2.45) is 0 Å². The van der Waals surface area contributed by atoms with Gasteiger partial charge in [-0.3, -0.25) is 10.1 Å². The summed E-state index contributed by atoms with van der Waals surface area (Å²) in [5, 5.41) is 14.4. The van der Waals surface area contributed by atoms with Gasteiger partial charge in [-0.15, -0.1) is 0 Å². The van der Waals surface area contributed by atoms with Gasteiger partial charge in [-0.2, -0.15) is 4.98 Å². The smallest absolute Gasteiger partial charge is 0.270 e. The van der Waals surface area contributed by atoms with Crippen LogP contribution in [0.4, 0.5) is 5.69 Å². The summed E-state index contributed by atoms with van der Waals surface area (Å²) in [6, 6.07) is 6.16. The highest BCUT2D eigenvalue weighted by atomic mass is 16.6. The van der Waals surface area contributed by atoms with E-state index in [1.807, 2.05) is 13.8 Å². The quantitative estimate of drug-likeness (QED) is 0.601. The summed E-state index contributed by atoms with van der Waals surface area (Å²) in [6.07, 6.45) is 0. The van der Waals surface area contributed by atoms with Crippen LogP contribution in [0.3, 0.4) is 0 Å². The Morgan fingerprint density at radius 3 is 2.76 bits per heavy atom. The summed E-state index contributed by atoms with van der Waals surface area (Å²) in [5.74, 6) is 1.03. The van der Waals surface area contributed by atoms with Crippen LogP contribution in [0.25, 0.3) is 11.4 Å². The first-order chi connectivity index (χ1) is 8.08. The molecule has 0 amide bonds. The third kappa shape index (κ3) is 2.30. The van der Waals surface area contributed by atoms with Crippen LogP contribution in [0.1, 0.15) is 25.7 Å². The van der Waals surface area contributed by atoms with Crippen LogP contribution in [0, 0.1) is 10.1 Å². The van der Waals surface area contributed by atoms with E-state index in [-0.39, 0.29) is 11.6 Å². The van der Waals surface area contributed by atoms with E-state index >= 15 is 0 Å². The molecule has 6 heteroatoms. The van der Waals surface area contributed by atoms with Crippen LogP contribution in [0.5, 0.6) is 0 Å². The minimum atomic E-state index is -0.451. The van der Waals surface area contributed by atoms with Gasteiger partial charge in [-0.05, 0) is 0 Å². The number of nitro groups is 1. The first-order valence-corrected chi connectivity index (χ1v) is 5.16. The second-order valence-electron chi connectivity index (χ2n) is 3.92. The summed E-state index contributed by atoms with van der Waals surface area (Å²) in [5.41, 5.74) is 0.591. The molecular weight excluding hydrogens is 222 g/mol. The number of nitro benzene ring substituents is 1. The number of non-ortho nitro benzene ring substituents is 1. The normalized spacial score (nSPS) is 10.8. The van der Waals surface area contributed by atoms with E-state index in [0.29, 0.717) is 17.3 Å². The summed E-state index contributed by atoms with van der Waals surface area (Å²) < 4.78 is 5.05. The average Bonchev–Trinajstić information content (AvgIpc) is 2.78. The average molecular weight is 233 g/mol. The van der Waals surface area contributed by atoms with Gasteiger partial charge in [0.1, 0.15) is 0 Å². The lowest BCUT2D eigenvalue weighted by Crippen LogP contribution is -1.89. The molecule has 0 N–H and O–H groups in total. The molecule has 0 bridgehead atoms. The topological polar surface area (TPSA) is 82.1 Å². The fraction of sp³-hybridized carbons (Fsp3) is 0.273. The molecule has 1 aromatic carbocycles. The van der Waals surface area contributed by atoms with Gasteiger partial charge < -0.3 is 4.52 Å². The molecule has 1 heterocycles. The monoisotopic (exact) mass is 233 g/mol. The van der Waals surface area contributed by atoms with E-state index in [1.54, 1.807) is 12.1 Å². The molecule has 2 rings (SSSR count). The Balaban J connectivity index is 2.38. The fourth-order valence-corrected chi connectivity index (χ4v) is 1.35. The van der Waals surface area contributed by atoms with Crippen molar-refractivity contribution in [2.45, 2.75) is 19.8 Å². The molecule has 6 nitrogen and oxygen atoms in total. The van der Waals surface area contributed by atoms with Gasteiger partial charge in [0, 0.05) is 23.6 Å². The maximum absolute atomic E-state index is 10.6. The first-order valence-electron chi connectivity index (χ1n) is 5.16. The third-order valence-electron chi connectivity index (χ3n) is 2.25. The highest BCUT2D eigenvalue weighted by molar-refractivity contribution is 5.58.